The third-order valence-electron chi connectivity index (χ3n) is 6.10. The summed E-state index contributed by atoms with van der Waals surface area (Å²) in [6.07, 6.45) is 0. The summed E-state index contributed by atoms with van der Waals surface area (Å²) < 4.78 is 16.3. The van der Waals surface area contributed by atoms with E-state index in [0.29, 0.717) is 40.1 Å². The lowest BCUT2D eigenvalue weighted by Crippen LogP contribution is -2.29. The maximum atomic E-state index is 13.7. The van der Waals surface area contributed by atoms with Crippen LogP contribution in [0.15, 0.2) is 75.9 Å². The fourth-order valence-corrected chi connectivity index (χ4v) is 4.46. The Hall–Kier alpha value is -4.39. The van der Waals surface area contributed by atoms with Gasteiger partial charge in [0.1, 0.15) is 11.3 Å². The number of esters is 1. The number of ether oxygens (including phenoxy) is 2. The van der Waals surface area contributed by atoms with Crippen molar-refractivity contribution in [3.05, 3.63) is 105 Å². The van der Waals surface area contributed by atoms with Gasteiger partial charge in [-0.1, -0.05) is 23.8 Å². The van der Waals surface area contributed by atoms with Gasteiger partial charge in [-0.2, -0.15) is 0 Å². The fourth-order valence-electron chi connectivity index (χ4n) is 4.46. The van der Waals surface area contributed by atoms with E-state index in [-0.39, 0.29) is 16.8 Å². The van der Waals surface area contributed by atoms with Crippen LogP contribution in [0.1, 0.15) is 50.6 Å². The van der Waals surface area contributed by atoms with Gasteiger partial charge in [0.2, 0.25) is 5.76 Å². The second kappa shape index (κ2) is 8.76. The van der Waals surface area contributed by atoms with E-state index in [4.69, 9.17) is 13.9 Å². The molecule has 1 atom stereocenters. The minimum absolute atomic E-state index is 0.0160. The molecule has 0 spiro atoms. The molecule has 7 nitrogen and oxygen atoms in total. The first kappa shape index (κ1) is 22.4. The molecule has 0 saturated heterocycles. The summed E-state index contributed by atoms with van der Waals surface area (Å²) in [6, 6.07) is 18.4. The monoisotopic (exact) mass is 469 g/mol. The maximum absolute atomic E-state index is 13.7. The van der Waals surface area contributed by atoms with E-state index in [1.165, 1.54) is 7.11 Å². The summed E-state index contributed by atoms with van der Waals surface area (Å²) in [6.45, 7) is 4.31. The first-order valence-electron chi connectivity index (χ1n) is 11.2. The van der Waals surface area contributed by atoms with E-state index < -0.39 is 17.9 Å². The van der Waals surface area contributed by atoms with Crippen molar-refractivity contribution in [3.8, 4) is 5.75 Å². The Labute approximate surface area is 201 Å². The fraction of sp³-hybridized carbons (Fsp3) is 0.179. The molecule has 5 rings (SSSR count). The molecular weight excluding hydrogens is 446 g/mol. The molecule has 3 aromatic carbocycles. The van der Waals surface area contributed by atoms with Crippen LogP contribution in [0.2, 0.25) is 0 Å². The molecule has 7 heteroatoms. The molecule has 176 valence electrons. The third kappa shape index (κ3) is 3.75. The average Bonchev–Trinajstić information content (AvgIpc) is 3.17. The third-order valence-corrected chi connectivity index (χ3v) is 6.10. The number of hydrogen-bond acceptors (Lipinski definition) is 6. The summed E-state index contributed by atoms with van der Waals surface area (Å²) in [4.78, 5) is 40.9. The van der Waals surface area contributed by atoms with Crippen molar-refractivity contribution in [1.29, 1.82) is 0 Å². The molecule has 1 unspecified atom stereocenters. The van der Waals surface area contributed by atoms with Gasteiger partial charge in [-0.25, -0.2) is 4.79 Å². The van der Waals surface area contributed by atoms with E-state index in [0.717, 1.165) is 5.56 Å². The average molecular weight is 469 g/mol. The zero-order chi connectivity index (χ0) is 24.7. The van der Waals surface area contributed by atoms with Crippen molar-refractivity contribution >= 4 is 28.5 Å². The van der Waals surface area contributed by atoms with Crippen molar-refractivity contribution in [2.45, 2.75) is 19.9 Å². The number of carbonyl (C=O) groups excluding carboxylic acids is 2. The van der Waals surface area contributed by atoms with E-state index in [2.05, 4.69) is 0 Å². The highest BCUT2D eigenvalue weighted by atomic mass is 16.5. The van der Waals surface area contributed by atoms with Crippen LogP contribution in [0.4, 0.5) is 5.69 Å². The molecular formula is C28H23NO6. The van der Waals surface area contributed by atoms with Crippen LogP contribution in [-0.4, -0.2) is 25.6 Å². The normalized spacial score (nSPS) is 14.8. The molecule has 1 aliphatic rings. The largest absolute Gasteiger partial charge is 0.494 e. The summed E-state index contributed by atoms with van der Waals surface area (Å²) in [7, 11) is 1.31. The number of nitrogens with zero attached hydrogens (tertiary/aromatic N) is 1. The van der Waals surface area contributed by atoms with Crippen LogP contribution >= 0.6 is 0 Å². The van der Waals surface area contributed by atoms with E-state index in [1.54, 1.807) is 65.6 Å². The van der Waals surface area contributed by atoms with Gasteiger partial charge in [-0.05, 0) is 67.9 Å². The summed E-state index contributed by atoms with van der Waals surface area (Å²) >= 11 is 0. The maximum Gasteiger partial charge on any atom is 0.337 e. The number of carbonyl (C=O) groups is 2. The van der Waals surface area contributed by atoms with E-state index in [9.17, 15) is 14.4 Å². The summed E-state index contributed by atoms with van der Waals surface area (Å²) in [5.74, 6) is -0.188. The standard InChI is InChI=1S/C28H23NO6/c1-4-34-20-12-10-19(11-13-20)29-24(17-6-8-18(9-7-17)28(32)33-3)23-25(30)21-15-16(2)5-14-22(21)35-26(23)27(29)31/h5-15,24H,4H2,1-3H3. The van der Waals surface area contributed by atoms with Crippen molar-refractivity contribution < 1.29 is 23.5 Å². The Morgan fingerprint density at radius 3 is 2.37 bits per heavy atom. The predicted molar refractivity (Wildman–Crippen MR) is 131 cm³/mol. The Balaban J connectivity index is 1.71. The Morgan fingerprint density at radius 1 is 1.00 bits per heavy atom. The predicted octanol–water partition coefficient (Wildman–Crippen LogP) is 5.04. The number of anilines is 1. The smallest absolute Gasteiger partial charge is 0.337 e. The molecule has 1 amide bonds. The molecule has 35 heavy (non-hydrogen) atoms. The summed E-state index contributed by atoms with van der Waals surface area (Å²) in [5, 5.41) is 0.418. The topological polar surface area (TPSA) is 86.0 Å². The van der Waals surface area contributed by atoms with Crippen molar-refractivity contribution in [1.82, 2.24) is 0 Å². The van der Waals surface area contributed by atoms with Gasteiger partial charge in [-0.15, -0.1) is 0 Å². The van der Waals surface area contributed by atoms with Gasteiger partial charge in [0, 0.05) is 5.69 Å². The number of aryl methyl sites for hydroxylation is 1. The molecule has 0 saturated carbocycles. The van der Waals surface area contributed by atoms with Crippen LogP contribution in [0.25, 0.3) is 11.0 Å². The molecule has 0 radical (unpaired) electrons. The van der Waals surface area contributed by atoms with Gasteiger partial charge in [0.25, 0.3) is 5.91 Å². The number of fused-ring (bicyclic) bond motifs is 2. The lowest BCUT2D eigenvalue weighted by molar-refractivity contribution is 0.0600. The molecule has 1 aliphatic heterocycles. The number of amides is 1. The molecule has 4 aromatic rings. The second-order valence-electron chi connectivity index (χ2n) is 8.29. The number of methoxy groups -OCH3 is 1. The highest BCUT2D eigenvalue weighted by Crippen LogP contribution is 2.41. The van der Waals surface area contributed by atoms with Crippen LogP contribution in [0.5, 0.6) is 5.75 Å². The van der Waals surface area contributed by atoms with Gasteiger partial charge in [0.05, 0.1) is 36.3 Å². The van der Waals surface area contributed by atoms with Gasteiger partial charge in [-0.3, -0.25) is 14.5 Å². The first-order chi connectivity index (χ1) is 16.9. The number of hydrogen-bond donors (Lipinski definition) is 0. The van der Waals surface area contributed by atoms with Crippen LogP contribution in [-0.2, 0) is 4.74 Å². The van der Waals surface area contributed by atoms with Gasteiger partial charge >= 0.3 is 5.97 Å². The van der Waals surface area contributed by atoms with Crippen molar-refractivity contribution in [2.75, 3.05) is 18.6 Å². The van der Waals surface area contributed by atoms with Crippen LogP contribution in [0.3, 0.4) is 0 Å². The lowest BCUT2D eigenvalue weighted by atomic mass is 9.97. The van der Waals surface area contributed by atoms with Crippen LogP contribution < -0.4 is 15.1 Å². The Bertz CT molecular complexity index is 1500. The van der Waals surface area contributed by atoms with Gasteiger partial charge < -0.3 is 13.9 Å². The molecule has 0 N–H and O–H groups in total. The molecule has 0 aliphatic carbocycles. The van der Waals surface area contributed by atoms with Gasteiger partial charge in [0.15, 0.2) is 5.43 Å². The molecule has 1 aromatic heterocycles. The SMILES string of the molecule is CCOc1ccc(N2C(=O)c3oc4ccc(C)cc4c(=O)c3C2c2ccc(C(=O)OC)cc2)cc1. The van der Waals surface area contributed by atoms with E-state index >= 15 is 0 Å². The molecule has 2 heterocycles. The highest BCUT2D eigenvalue weighted by Gasteiger charge is 2.43. The Morgan fingerprint density at radius 2 is 1.71 bits per heavy atom. The van der Waals surface area contributed by atoms with Crippen LogP contribution in [0, 0.1) is 6.92 Å². The zero-order valence-corrected chi connectivity index (χ0v) is 19.5. The number of rotatable bonds is 5. The lowest BCUT2D eigenvalue weighted by Gasteiger charge is -2.25. The van der Waals surface area contributed by atoms with Crippen molar-refractivity contribution in [2.24, 2.45) is 0 Å². The Kier molecular flexibility index (Phi) is 5.61. The minimum atomic E-state index is -0.733. The number of benzene rings is 3. The quantitative estimate of drug-likeness (QED) is 0.381. The summed E-state index contributed by atoms with van der Waals surface area (Å²) in [5.41, 5.74) is 2.91. The van der Waals surface area contributed by atoms with Crippen molar-refractivity contribution in [3.63, 3.8) is 0 Å². The second-order valence-corrected chi connectivity index (χ2v) is 8.29. The highest BCUT2D eigenvalue weighted by molar-refractivity contribution is 6.10. The van der Waals surface area contributed by atoms with E-state index in [1.807, 2.05) is 19.9 Å². The zero-order valence-electron chi connectivity index (χ0n) is 19.5. The first-order valence-corrected chi connectivity index (χ1v) is 11.2. The molecule has 0 fully saturated rings. The minimum Gasteiger partial charge on any atom is -0.494 e. The molecule has 0 bridgehead atoms.